The third kappa shape index (κ3) is 4.55. The number of rotatable bonds is 6. The number of nitrogens with one attached hydrogen (secondary N) is 2. The van der Waals surface area contributed by atoms with Gasteiger partial charge in [-0.05, 0) is 57.0 Å². The molecule has 3 rings (SSSR count). The molecule has 142 valence electrons. The van der Waals surface area contributed by atoms with E-state index in [4.69, 9.17) is 0 Å². The minimum atomic E-state index is -0.182. The molecule has 0 saturated carbocycles. The summed E-state index contributed by atoms with van der Waals surface area (Å²) < 4.78 is 0. The molecule has 5 nitrogen and oxygen atoms in total. The highest BCUT2D eigenvalue weighted by atomic mass is 16.2. The fraction of sp³-hybridized carbons (Fsp3) is 0.364. The van der Waals surface area contributed by atoms with Gasteiger partial charge >= 0.3 is 0 Å². The second-order valence-corrected chi connectivity index (χ2v) is 7.39. The average Bonchev–Trinajstić information content (AvgIpc) is 3.05. The maximum atomic E-state index is 12.6. The second kappa shape index (κ2) is 8.35. The summed E-state index contributed by atoms with van der Waals surface area (Å²) in [5.74, 6) is -0.300. The molecule has 0 saturated heterocycles. The molecule has 2 amide bonds. The molecule has 27 heavy (non-hydrogen) atoms. The van der Waals surface area contributed by atoms with Gasteiger partial charge in [-0.15, -0.1) is 0 Å². The van der Waals surface area contributed by atoms with Crippen molar-refractivity contribution >= 4 is 17.5 Å². The Morgan fingerprint density at radius 2 is 1.81 bits per heavy atom. The zero-order valence-electron chi connectivity index (χ0n) is 16.2. The third-order valence-electron chi connectivity index (χ3n) is 4.89. The van der Waals surface area contributed by atoms with Gasteiger partial charge in [0.2, 0.25) is 5.91 Å². The second-order valence-electron chi connectivity index (χ2n) is 7.39. The molecule has 1 aliphatic carbocycles. The van der Waals surface area contributed by atoms with Gasteiger partial charge in [-0.3, -0.25) is 14.5 Å². The Kier molecular flexibility index (Phi) is 5.91. The topological polar surface area (TPSA) is 61.4 Å². The molecule has 1 atom stereocenters. The molecule has 1 aliphatic rings. The Hall–Kier alpha value is -2.66. The van der Waals surface area contributed by atoms with E-state index in [-0.39, 0.29) is 30.4 Å². The number of aryl methyl sites for hydroxylation is 1. The van der Waals surface area contributed by atoms with Crippen molar-refractivity contribution in [1.82, 2.24) is 10.2 Å². The van der Waals surface area contributed by atoms with Crippen molar-refractivity contribution in [1.29, 1.82) is 0 Å². The highest BCUT2D eigenvalue weighted by Crippen LogP contribution is 2.34. The Balaban J connectivity index is 1.66. The molecule has 0 aliphatic heterocycles. The molecule has 0 aromatic heterocycles. The van der Waals surface area contributed by atoms with E-state index in [1.165, 1.54) is 11.1 Å². The summed E-state index contributed by atoms with van der Waals surface area (Å²) in [6.45, 7) is 4.10. The first-order valence-corrected chi connectivity index (χ1v) is 9.43. The molecule has 0 unspecified atom stereocenters. The fourth-order valence-electron chi connectivity index (χ4n) is 3.65. The molecule has 2 aromatic rings. The van der Waals surface area contributed by atoms with Crippen molar-refractivity contribution in [3.63, 3.8) is 0 Å². The Morgan fingerprint density at radius 3 is 2.59 bits per heavy atom. The zero-order chi connectivity index (χ0) is 19.4. The summed E-state index contributed by atoms with van der Waals surface area (Å²) in [7, 11) is 1.98. The SMILES string of the molecule is CC(C)NC(=O)c1ccccc1NC(=O)CN(C)[C@H]1CCc2ccccc21. The first-order valence-electron chi connectivity index (χ1n) is 9.43. The summed E-state index contributed by atoms with van der Waals surface area (Å²) in [5, 5.41) is 5.77. The van der Waals surface area contributed by atoms with Gasteiger partial charge in [-0.2, -0.15) is 0 Å². The standard InChI is InChI=1S/C22H27N3O2/c1-15(2)23-22(27)18-10-6-7-11-19(18)24-21(26)14-25(3)20-13-12-16-8-4-5-9-17(16)20/h4-11,15,20H,12-14H2,1-3H3,(H,23,27)(H,24,26)/t20-/m0/s1. The summed E-state index contributed by atoms with van der Waals surface area (Å²) >= 11 is 0. The number of benzene rings is 2. The van der Waals surface area contributed by atoms with Gasteiger partial charge < -0.3 is 10.6 Å². The number of anilines is 1. The van der Waals surface area contributed by atoms with E-state index >= 15 is 0 Å². The number of carbonyl (C=O) groups is 2. The van der Waals surface area contributed by atoms with Crippen molar-refractivity contribution < 1.29 is 9.59 Å². The molecular formula is C22H27N3O2. The van der Waals surface area contributed by atoms with Crippen LogP contribution in [-0.2, 0) is 11.2 Å². The summed E-state index contributed by atoms with van der Waals surface area (Å²) in [6.07, 6.45) is 2.07. The van der Waals surface area contributed by atoms with Crippen LogP contribution in [0.1, 0.15) is 47.8 Å². The molecule has 0 bridgehead atoms. The monoisotopic (exact) mass is 365 g/mol. The number of fused-ring (bicyclic) bond motifs is 1. The van der Waals surface area contributed by atoms with Gasteiger partial charge in [0.25, 0.3) is 5.91 Å². The lowest BCUT2D eigenvalue weighted by molar-refractivity contribution is -0.117. The Bertz CT molecular complexity index is 832. The van der Waals surface area contributed by atoms with E-state index in [0.29, 0.717) is 11.3 Å². The number of amides is 2. The van der Waals surface area contributed by atoms with Crippen molar-refractivity contribution in [2.45, 2.75) is 38.8 Å². The first-order chi connectivity index (χ1) is 13.0. The highest BCUT2D eigenvalue weighted by molar-refractivity contribution is 6.04. The van der Waals surface area contributed by atoms with Crippen LogP contribution in [-0.4, -0.2) is 36.3 Å². The van der Waals surface area contributed by atoms with Crippen molar-refractivity contribution in [2.75, 3.05) is 18.9 Å². The fourth-order valence-corrected chi connectivity index (χ4v) is 3.65. The van der Waals surface area contributed by atoms with Crippen LogP contribution in [0.25, 0.3) is 0 Å². The van der Waals surface area contributed by atoms with Crippen LogP contribution in [0.4, 0.5) is 5.69 Å². The van der Waals surface area contributed by atoms with Crippen LogP contribution in [0.5, 0.6) is 0 Å². The van der Waals surface area contributed by atoms with Crippen molar-refractivity contribution in [3.05, 3.63) is 65.2 Å². The minimum Gasteiger partial charge on any atom is -0.350 e. The summed E-state index contributed by atoms with van der Waals surface area (Å²) in [5.41, 5.74) is 3.70. The Labute approximate surface area is 160 Å². The van der Waals surface area contributed by atoms with Crippen LogP contribution in [0, 0.1) is 0 Å². The molecule has 2 N–H and O–H groups in total. The lowest BCUT2D eigenvalue weighted by Crippen LogP contribution is -2.34. The number of para-hydroxylation sites is 1. The summed E-state index contributed by atoms with van der Waals surface area (Å²) in [4.78, 5) is 27.0. The minimum absolute atomic E-state index is 0.0369. The number of likely N-dealkylation sites (N-methyl/N-ethyl adjacent to an activating group) is 1. The molecule has 0 fully saturated rings. The van der Waals surface area contributed by atoms with Crippen LogP contribution in [0.2, 0.25) is 0 Å². The van der Waals surface area contributed by atoms with Gasteiger partial charge in [0, 0.05) is 12.1 Å². The van der Waals surface area contributed by atoms with E-state index in [9.17, 15) is 9.59 Å². The number of carbonyl (C=O) groups excluding carboxylic acids is 2. The smallest absolute Gasteiger partial charge is 0.253 e. The first kappa shape index (κ1) is 19.1. The van der Waals surface area contributed by atoms with Gasteiger partial charge in [0.15, 0.2) is 0 Å². The molecule has 5 heteroatoms. The van der Waals surface area contributed by atoms with E-state index < -0.39 is 0 Å². The molecular weight excluding hydrogens is 338 g/mol. The number of nitrogens with zero attached hydrogens (tertiary/aromatic N) is 1. The zero-order valence-corrected chi connectivity index (χ0v) is 16.2. The van der Waals surface area contributed by atoms with E-state index in [2.05, 4.69) is 39.8 Å². The van der Waals surface area contributed by atoms with Crippen LogP contribution in [0.15, 0.2) is 48.5 Å². The average molecular weight is 365 g/mol. The predicted octanol–water partition coefficient (Wildman–Crippen LogP) is 3.38. The largest absolute Gasteiger partial charge is 0.350 e. The van der Waals surface area contributed by atoms with Crippen LogP contribution in [0.3, 0.4) is 0 Å². The molecule has 2 aromatic carbocycles. The third-order valence-corrected chi connectivity index (χ3v) is 4.89. The van der Waals surface area contributed by atoms with Crippen LogP contribution >= 0.6 is 0 Å². The van der Waals surface area contributed by atoms with Gasteiger partial charge in [-0.25, -0.2) is 0 Å². The molecule has 0 heterocycles. The highest BCUT2D eigenvalue weighted by Gasteiger charge is 2.26. The lowest BCUT2D eigenvalue weighted by atomic mass is 10.1. The van der Waals surface area contributed by atoms with Gasteiger partial charge in [-0.1, -0.05) is 36.4 Å². The molecule has 0 spiro atoms. The number of hydrogen-bond donors (Lipinski definition) is 2. The quantitative estimate of drug-likeness (QED) is 0.825. The number of hydrogen-bond acceptors (Lipinski definition) is 3. The predicted molar refractivity (Wildman–Crippen MR) is 108 cm³/mol. The van der Waals surface area contributed by atoms with E-state index in [1.54, 1.807) is 18.2 Å². The molecule has 0 radical (unpaired) electrons. The van der Waals surface area contributed by atoms with Crippen LogP contribution < -0.4 is 10.6 Å². The van der Waals surface area contributed by atoms with Gasteiger partial charge in [0.05, 0.1) is 17.8 Å². The lowest BCUT2D eigenvalue weighted by Gasteiger charge is -2.24. The maximum Gasteiger partial charge on any atom is 0.253 e. The maximum absolute atomic E-state index is 12.6. The van der Waals surface area contributed by atoms with Crippen molar-refractivity contribution in [3.8, 4) is 0 Å². The Morgan fingerprint density at radius 1 is 1.11 bits per heavy atom. The summed E-state index contributed by atoms with van der Waals surface area (Å²) in [6, 6.07) is 15.8. The van der Waals surface area contributed by atoms with E-state index in [1.807, 2.05) is 27.0 Å². The normalized spacial score (nSPS) is 15.7. The van der Waals surface area contributed by atoms with Gasteiger partial charge in [0.1, 0.15) is 0 Å². The van der Waals surface area contributed by atoms with Crippen molar-refractivity contribution in [2.24, 2.45) is 0 Å². The van der Waals surface area contributed by atoms with E-state index in [0.717, 1.165) is 12.8 Å².